The molecule has 0 aromatic rings. The van der Waals surface area contributed by atoms with Gasteiger partial charge in [0.25, 0.3) is 0 Å². The molecule has 76 valence electrons. The highest BCUT2D eigenvalue weighted by Crippen LogP contribution is 2.15. The molecule has 2 aliphatic rings. The number of guanidine groups is 1. The standard InChI is InChI=1S/C10H16N4/c11-9-12-10(13-5-1-2-6-13)14-7-3-4-8-14/h1-8H2. The van der Waals surface area contributed by atoms with Gasteiger partial charge in [0.2, 0.25) is 12.2 Å². The third-order valence-corrected chi connectivity index (χ3v) is 2.93. The van der Waals surface area contributed by atoms with Gasteiger partial charge in [0.15, 0.2) is 0 Å². The minimum atomic E-state index is 0.919. The van der Waals surface area contributed by atoms with Crippen molar-refractivity contribution in [1.29, 1.82) is 5.26 Å². The second kappa shape index (κ2) is 4.32. The van der Waals surface area contributed by atoms with Gasteiger partial charge in [-0.2, -0.15) is 5.26 Å². The molecular formula is C10H16N4. The summed E-state index contributed by atoms with van der Waals surface area (Å²) in [4.78, 5) is 8.45. The van der Waals surface area contributed by atoms with Crippen LogP contribution in [-0.4, -0.2) is 41.9 Å². The van der Waals surface area contributed by atoms with E-state index in [4.69, 9.17) is 5.26 Å². The molecule has 2 aliphatic heterocycles. The molecule has 2 fully saturated rings. The molecule has 0 aromatic carbocycles. The van der Waals surface area contributed by atoms with Crippen LogP contribution in [0, 0.1) is 11.5 Å². The lowest BCUT2D eigenvalue weighted by molar-refractivity contribution is 0.395. The van der Waals surface area contributed by atoms with Gasteiger partial charge in [-0.1, -0.05) is 0 Å². The van der Waals surface area contributed by atoms with Crippen molar-refractivity contribution in [3.05, 3.63) is 0 Å². The Kier molecular flexibility index (Phi) is 2.87. The number of hydrogen-bond acceptors (Lipinski definition) is 2. The molecule has 0 spiro atoms. The highest BCUT2D eigenvalue weighted by Gasteiger charge is 2.23. The molecule has 0 N–H and O–H groups in total. The first-order chi connectivity index (χ1) is 6.92. The lowest BCUT2D eigenvalue weighted by Gasteiger charge is -2.27. The first-order valence-electron chi connectivity index (χ1n) is 5.38. The average Bonchev–Trinajstić information content (AvgIpc) is 2.87. The third kappa shape index (κ3) is 1.82. The molecular weight excluding hydrogens is 176 g/mol. The van der Waals surface area contributed by atoms with Gasteiger partial charge in [-0.15, -0.1) is 4.99 Å². The van der Waals surface area contributed by atoms with Crippen LogP contribution in [0.2, 0.25) is 0 Å². The summed E-state index contributed by atoms with van der Waals surface area (Å²) in [6.07, 6.45) is 6.86. The summed E-state index contributed by atoms with van der Waals surface area (Å²) < 4.78 is 0. The molecule has 0 aliphatic carbocycles. The predicted octanol–water partition coefficient (Wildman–Crippen LogP) is 1.02. The largest absolute Gasteiger partial charge is 0.342 e. The SMILES string of the molecule is N#CN=C(N1CCCC1)N1CCCC1. The van der Waals surface area contributed by atoms with Crippen LogP contribution in [0.25, 0.3) is 0 Å². The van der Waals surface area contributed by atoms with Gasteiger partial charge >= 0.3 is 0 Å². The maximum atomic E-state index is 8.67. The van der Waals surface area contributed by atoms with Crippen LogP contribution in [0.4, 0.5) is 0 Å². The van der Waals surface area contributed by atoms with Gasteiger partial charge < -0.3 is 9.80 Å². The zero-order valence-electron chi connectivity index (χ0n) is 8.45. The van der Waals surface area contributed by atoms with E-state index in [1.54, 1.807) is 0 Å². The highest BCUT2D eigenvalue weighted by molar-refractivity contribution is 5.81. The maximum absolute atomic E-state index is 8.67. The second-order valence-electron chi connectivity index (χ2n) is 3.90. The Morgan fingerprint density at radius 2 is 1.36 bits per heavy atom. The second-order valence-corrected chi connectivity index (χ2v) is 3.90. The summed E-state index contributed by atoms with van der Waals surface area (Å²) in [5, 5.41) is 8.67. The molecule has 4 nitrogen and oxygen atoms in total. The number of nitrogens with zero attached hydrogens (tertiary/aromatic N) is 4. The zero-order valence-corrected chi connectivity index (χ0v) is 8.45. The Morgan fingerprint density at radius 3 is 1.71 bits per heavy atom. The van der Waals surface area contributed by atoms with E-state index in [-0.39, 0.29) is 0 Å². The first kappa shape index (κ1) is 9.32. The van der Waals surface area contributed by atoms with E-state index in [1.165, 1.54) is 25.7 Å². The average molecular weight is 192 g/mol. The summed E-state index contributed by atoms with van der Waals surface area (Å²) in [5.74, 6) is 0.919. The first-order valence-corrected chi connectivity index (χ1v) is 5.38. The smallest absolute Gasteiger partial charge is 0.212 e. The quantitative estimate of drug-likeness (QED) is 0.327. The van der Waals surface area contributed by atoms with Crippen LogP contribution >= 0.6 is 0 Å². The minimum absolute atomic E-state index is 0.919. The van der Waals surface area contributed by atoms with Crippen molar-refractivity contribution in [2.24, 2.45) is 4.99 Å². The van der Waals surface area contributed by atoms with Crippen molar-refractivity contribution in [3.63, 3.8) is 0 Å². The summed E-state index contributed by atoms with van der Waals surface area (Å²) in [5.41, 5.74) is 0. The van der Waals surface area contributed by atoms with E-state index in [2.05, 4.69) is 14.8 Å². The zero-order chi connectivity index (χ0) is 9.80. The Bertz CT molecular complexity index is 236. The Labute approximate surface area is 84.8 Å². The Morgan fingerprint density at radius 1 is 0.929 bits per heavy atom. The fourth-order valence-electron chi connectivity index (χ4n) is 2.22. The van der Waals surface area contributed by atoms with Crippen molar-refractivity contribution in [3.8, 4) is 6.19 Å². The molecule has 0 atom stereocenters. The van der Waals surface area contributed by atoms with Gasteiger partial charge in [-0.3, -0.25) is 0 Å². The number of hydrogen-bond donors (Lipinski definition) is 0. The van der Waals surface area contributed by atoms with E-state index < -0.39 is 0 Å². The predicted molar refractivity (Wildman–Crippen MR) is 54.7 cm³/mol. The third-order valence-electron chi connectivity index (χ3n) is 2.93. The number of aliphatic imine (C=N–C) groups is 1. The number of likely N-dealkylation sites (tertiary alicyclic amines) is 2. The van der Waals surface area contributed by atoms with Crippen molar-refractivity contribution in [2.45, 2.75) is 25.7 Å². The molecule has 14 heavy (non-hydrogen) atoms. The lowest BCUT2D eigenvalue weighted by atomic mass is 10.4. The summed E-state index contributed by atoms with van der Waals surface area (Å²) in [6.45, 7) is 4.27. The summed E-state index contributed by atoms with van der Waals surface area (Å²) >= 11 is 0. The van der Waals surface area contributed by atoms with Gasteiger partial charge in [0.1, 0.15) is 0 Å². The van der Waals surface area contributed by atoms with Crippen molar-refractivity contribution < 1.29 is 0 Å². The lowest BCUT2D eigenvalue weighted by Crippen LogP contribution is -2.41. The van der Waals surface area contributed by atoms with E-state index in [0.717, 1.165) is 32.1 Å². The van der Waals surface area contributed by atoms with Gasteiger partial charge in [-0.05, 0) is 25.7 Å². The minimum Gasteiger partial charge on any atom is -0.342 e. The van der Waals surface area contributed by atoms with Gasteiger partial charge in [-0.25, -0.2) is 0 Å². The molecule has 0 bridgehead atoms. The summed E-state index contributed by atoms with van der Waals surface area (Å²) in [7, 11) is 0. The van der Waals surface area contributed by atoms with Crippen LogP contribution in [-0.2, 0) is 0 Å². The topological polar surface area (TPSA) is 42.6 Å². The molecule has 2 heterocycles. The van der Waals surface area contributed by atoms with Crippen molar-refractivity contribution >= 4 is 5.96 Å². The molecule has 2 saturated heterocycles. The molecule has 0 unspecified atom stereocenters. The van der Waals surface area contributed by atoms with E-state index >= 15 is 0 Å². The van der Waals surface area contributed by atoms with E-state index in [9.17, 15) is 0 Å². The molecule has 0 saturated carbocycles. The molecule has 2 rings (SSSR count). The van der Waals surface area contributed by atoms with Gasteiger partial charge in [0, 0.05) is 26.2 Å². The van der Waals surface area contributed by atoms with Crippen LogP contribution in [0.5, 0.6) is 0 Å². The molecule has 0 amide bonds. The van der Waals surface area contributed by atoms with E-state index in [1.807, 2.05) is 6.19 Å². The normalized spacial score (nSPS) is 21.1. The number of rotatable bonds is 0. The Hall–Kier alpha value is -1.24. The van der Waals surface area contributed by atoms with Crippen LogP contribution < -0.4 is 0 Å². The summed E-state index contributed by atoms with van der Waals surface area (Å²) in [6, 6.07) is 0. The van der Waals surface area contributed by atoms with Crippen LogP contribution in [0.15, 0.2) is 4.99 Å². The monoisotopic (exact) mass is 192 g/mol. The van der Waals surface area contributed by atoms with Crippen molar-refractivity contribution in [2.75, 3.05) is 26.2 Å². The fourth-order valence-corrected chi connectivity index (χ4v) is 2.22. The van der Waals surface area contributed by atoms with Crippen LogP contribution in [0.3, 0.4) is 0 Å². The van der Waals surface area contributed by atoms with Crippen molar-refractivity contribution in [1.82, 2.24) is 9.80 Å². The molecule has 0 aromatic heterocycles. The maximum Gasteiger partial charge on any atom is 0.212 e. The fraction of sp³-hybridized carbons (Fsp3) is 0.800. The van der Waals surface area contributed by atoms with Crippen LogP contribution in [0.1, 0.15) is 25.7 Å². The molecule has 4 heteroatoms. The molecule has 0 radical (unpaired) electrons. The Balaban J connectivity index is 2.07. The van der Waals surface area contributed by atoms with Gasteiger partial charge in [0.05, 0.1) is 0 Å². The number of nitriles is 1. The van der Waals surface area contributed by atoms with E-state index in [0.29, 0.717) is 0 Å². The highest BCUT2D eigenvalue weighted by atomic mass is 15.4.